The van der Waals surface area contributed by atoms with Gasteiger partial charge in [-0.15, -0.1) is 0 Å². The van der Waals surface area contributed by atoms with Gasteiger partial charge in [0.1, 0.15) is 13.2 Å². The zero-order chi connectivity index (χ0) is 25.2. The Morgan fingerprint density at radius 1 is 0.706 bits per heavy atom. The van der Waals surface area contributed by atoms with Crippen molar-refractivity contribution in [2.45, 2.75) is 122 Å². The maximum absolute atomic E-state index is 11.9. The van der Waals surface area contributed by atoms with Gasteiger partial charge in [0.2, 0.25) is 0 Å². The van der Waals surface area contributed by atoms with E-state index in [0.29, 0.717) is 6.42 Å². The quantitative estimate of drug-likeness (QED) is 0.0650. The third-order valence-corrected chi connectivity index (χ3v) is 6.31. The van der Waals surface area contributed by atoms with E-state index < -0.39 is 18.6 Å². The van der Waals surface area contributed by atoms with Crippen molar-refractivity contribution >= 4 is 12.4 Å². The average molecular weight is 485 g/mol. The third kappa shape index (κ3) is 20.0. The molecular formula is C28H52O6. The molecule has 0 aliphatic rings. The van der Waals surface area contributed by atoms with Gasteiger partial charge in [0.05, 0.1) is 18.6 Å². The van der Waals surface area contributed by atoms with Gasteiger partial charge in [-0.25, -0.2) is 0 Å². The molecular weight excluding hydrogens is 432 g/mol. The molecule has 0 aliphatic heterocycles. The summed E-state index contributed by atoms with van der Waals surface area (Å²) in [6.45, 7) is 1.30. The second kappa shape index (κ2) is 24.7. The Morgan fingerprint density at radius 2 is 1.18 bits per heavy atom. The number of unbranched alkanes of at least 4 members (excludes halogenated alkanes) is 15. The van der Waals surface area contributed by atoms with Crippen molar-refractivity contribution in [3.8, 4) is 0 Å². The zero-order valence-corrected chi connectivity index (χ0v) is 21.8. The van der Waals surface area contributed by atoms with E-state index in [9.17, 15) is 19.8 Å². The van der Waals surface area contributed by atoms with Gasteiger partial charge in [-0.1, -0.05) is 96.1 Å². The minimum Gasteiger partial charge on any atom is -0.467 e. The lowest BCUT2D eigenvalue weighted by Crippen LogP contribution is -2.40. The molecule has 0 bridgehead atoms. The molecule has 200 valence electrons. The molecule has 0 aromatic carbocycles. The normalized spacial score (nSPS) is 11.7. The van der Waals surface area contributed by atoms with Crippen LogP contribution in [0.1, 0.15) is 122 Å². The lowest BCUT2D eigenvalue weighted by atomic mass is 9.92. The molecule has 34 heavy (non-hydrogen) atoms. The highest BCUT2D eigenvalue weighted by molar-refractivity contribution is 5.69. The number of ether oxygens (including phenoxy) is 2. The van der Waals surface area contributed by atoms with Crippen LogP contribution in [0.25, 0.3) is 0 Å². The molecule has 0 unspecified atom stereocenters. The van der Waals surface area contributed by atoms with Crippen LogP contribution in [-0.2, 0) is 19.1 Å². The van der Waals surface area contributed by atoms with Gasteiger partial charge >= 0.3 is 5.97 Å². The topological polar surface area (TPSA) is 93.1 Å². The molecule has 0 aromatic heterocycles. The Morgan fingerprint density at radius 3 is 1.65 bits per heavy atom. The number of hydrogen-bond acceptors (Lipinski definition) is 6. The predicted molar refractivity (Wildman–Crippen MR) is 137 cm³/mol. The highest BCUT2D eigenvalue weighted by Crippen LogP contribution is 2.18. The molecule has 2 N–H and O–H groups in total. The Labute approximate surface area is 208 Å². The molecule has 0 aromatic rings. The summed E-state index contributed by atoms with van der Waals surface area (Å²) < 4.78 is 9.79. The molecule has 0 saturated heterocycles. The van der Waals surface area contributed by atoms with Gasteiger partial charge in [-0.05, 0) is 32.1 Å². The Bertz CT molecular complexity index is 487. The molecule has 0 aliphatic carbocycles. The Hall–Kier alpha value is -1.40. The van der Waals surface area contributed by atoms with E-state index >= 15 is 0 Å². The number of esters is 1. The van der Waals surface area contributed by atoms with E-state index in [1.165, 1.54) is 89.9 Å². The average Bonchev–Trinajstić information content (AvgIpc) is 2.86. The summed E-state index contributed by atoms with van der Waals surface area (Å²) in [5, 5.41) is 18.8. The van der Waals surface area contributed by atoms with E-state index in [0.717, 1.165) is 19.3 Å². The monoisotopic (exact) mass is 484 g/mol. The third-order valence-electron chi connectivity index (χ3n) is 6.31. The van der Waals surface area contributed by atoms with E-state index in [1.807, 2.05) is 0 Å². The molecule has 6 nitrogen and oxygen atoms in total. The molecule has 0 spiro atoms. The second-order valence-corrected chi connectivity index (χ2v) is 9.63. The fraction of sp³-hybridized carbons (Fsp3) is 0.857. The molecule has 0 saturated carbocycles. The van der Waals surface area contributed by atoms with Crippen molar-refractivity contribution in [1.29, 1.82) is 0 Å². The van der Waals surface area contributed by atoms with Gasteiger partial charge < -0.3 is 19.7 Å². The number of carbonyl (C=O) groups excluding carboxylic acids is 2. The maximum Gasteiger partial charge on any atom is 0.305 e. The van der Waals surface area contributed by atoms with E-state index in [2.05, 4.69) is 23.8 Å². The summed E-state index contributed by atoms with van der Waals surface area (Å²) in [5.41, 5.74) is -1.14. The van der Waals surface area contributed by atoms with Crippen LogP contribution in [0.5, 0.6) is 0 Å². The second-order valence-electron chi connectivity index (χ2n) is 9.63. The van der Waals surface area contributed by atoms with Crippen LogP contribution in [0.4, 0.5) is 0 Å². The summed E-state index contributed by atoms with van der Waals surface area (Å²) in [6.07, 6.45) is 26.3. The summed E-state index contributed by atoms with van der Waals surface area (Å²) in [4.78, 5) is 22.2. The van der Waals surface area contributed by atoms with Crippen LogP contribution >= 0.6 is 0 Å². The Balaban J connectivity index is 3.46. The maximum atomic E-state index is 11.9. The lowest BCUT2D eigenvalue weighted by Gasteiger charge is -2.27. The van der Waals surface area contributed by atoms with Gasteiger partial charge in [0, 0.05) is 6.42 Å². The highest BCUT2D eigenvalue weighted by atomic mass is 16.5. The molecule has 0 amide bonds. The largest absolute Gasteiger partial charge is 0.467 e. The molecule has 0 heterocycles. The predicted octanol–water partition coefficient (Wildman–Crippen LogP) is 6.27. The number of carbonyl (C=O) groups is 2. The molecule has 0 radical (unpaired) electrons. The first-order chi connectivity index (χ1) is 16.6. The number of aliphatic hydroxyl groups is 2. The van der Waals surface area contributed by atoms with Crippen molar-refractivity contribution in [3.63, 3.8) is 0 Å². The van der Waals surface area contributed by atoms with Crippen molar-refractivity contribution < 1.29 is 29.3 Å². The van der Waals surface area contributed by atoms with Crippen molar-refractivity contribution in [2.24, 2.45) is 5.41 Å². The van der Waals surface area contributed by atoms with Crippen molar-refractivity contribution in [2.75, 3.05) is 26.4 Å². The van der Waals surface area contributed by atoms with Crippen LogP contribution in [0.3, 0.4) is 0 Å². The first-order valence-electron chi connectivity index (χ1n) is 13.7. The standard InChI is InChI=1S/C28H52O6/c1-2-3-4-5-6-7-8-9-10-11-12-13-14-15-16-17-18-19-20-21-27(32)34-25-28(22-29,23-30)24-33-26-31/h9-10,26,29-30H,2-8,11-25H2,1H3. The Kier molecular flexibility index (Phi) is 23.7. The highest BCUT2D eigenvalue weighted by Gasteiger charge is 2.32. The lowest BCUT2D eigenvalue weighted by molar-refractivity contribution is -0.154. The van der Waals surface area contributed by atoms with Crippen LogP contribution in [-0.4, -0.2) is 49.1 Å². The van der Waals surface area contributed by atoms with Gasteiger partial charge in [0.15, 0.2) is 0 Å². The van der Waals surface area contributed by atoms with Crippen LogP contribution in [0.2, 0.25) is 0 Å². The van der Waals surface area contributed by atoms with Crippen LogP contribution < -0.4 is 0 Å². The number of allylic oxidation sites excluding steroid dienone is 2. The fourth-order valence-corrected chi connectivity index (χ4v) is 3.84. The van der Waals surface area contributed by atoms with E-state index in [-0.39, 0.29) is 25.7 Å². The minimum atomic E-state index is -1.14. The number of hydrogen-bond donors (Lipinski definition) is 2. The number of aliphatic hydroxyl groups excluding tert-OH is 2. The smallest absolute Gasteiger partial charge is 0.305 e. The summed E-state index contributed by atoms with van der Waals surface area (Å²) in [6, 6.07) is 0. The van der Waals surface area contributed by atoms with Crippen molar-refractivity contribution in [3.05, 3.63) is 12.2 Å². The summed E-state index contributed by atoms with van der Waals surface area (Å²) >= 11 is 0. The first-order valence-corrected chi connectivity index (χ1v) is 13.7. The SMILES string of the molecule is CCCCCCCCC=CCCCCCCCCCCCC(=O)OCC(CO)(CO)COC=O. The molecule has 0 fully saturated rings. The van der Waals surface area contributed by atoms with Crippen molar-refractivity contribution in [1.82, 2.24) is 0 Å². The van der Waals surface area contributed by atoms with Gasteiger partial charge in [-0.3, -0.25) is 9.59 Å². The van der Waals surface area contributed by atoms with Gasteiger partial charge in [-0.2, -0.15) is 0 Å². The first kappa shape index (κ1) is 32.6. The van der Waals surface area contributed by atoms with Crippen LogP contribution in [0, 0.1) is 5.41 Å². The molecule has 0 atom stereocenters. The zero-order valence-electron chi connectivity index (χ0n) is 21.8. The summed E-state index contributed by atoms with van der Waals surface area (Å²) in [7, 11) is 0. The molecule has 0 rings (SSSR count). The fourth-order valence-electron chi connectivity index (χ4n) is 3.84. The van der Waals surface area contributed by atoms with E-state index in [1.54, 1.807) is 0 Å². The van der Waals surface area contributed by atoms with Gasteiger partial charge in [0.25, 0.3) is 6.47 Å². The summed E-state index contributed by atoms with van der Waals surface area (Å²) in [5.74, 6) is -0.349. The number of rotatable bonds is 26. The van der Waals surface area contributed by atoms with E-state index in [4.69, 9.17) is 4.74 Å². The van der Waals surface area contributed by atoms with Crippen LogP contribution in [0.15, 0.2) is 12.2 Å². The molecule has 6 heteroatoms. The minimum absolute atomic E-state index is 0.165.